The number of carbonyl (C=O) groups excluding carboxylic acids is 2. The number of aromatic nitrogens is 2. The molecule has 0 atom stereocenters. The Kier molecular flexibility index (Phi) is 4.04. The summed E-state index contributed by atoms with van der Waals surface area (Å²) in [6.07, 6.45) is 1.92. The minimum atomic E-state index is -0.155. The molecule has 0 bridgehead atoms. The summed E-state index contributed by atoms with van der Waals surface area (Å²) in [5, 5.41) is 10.7. The highest BCUT2D eigenvalue weighted by Crippen LogP contribution is 2.32. The number of H-pyrrole nitrogens is 1. The van der Waals surface area contributed by atoms with Gasteiger partial charge in [-0.3, -0.25) is 14.7 Å². The molecule has 2 heterocycles. The number of ether oxygens (including phenoxy) is 1. The summed E-state index contributed by atoms with van der Waals surface area (Å²) in [6, 6.07) is 11.2. The molecule has 2 amide bonds. The van der Waals surface area contributed by atoms with E-state index >= 15 is 0 Å². The van der Waals surface area contributed by atoms with E-state index in [2.05, 4.69) is 15.5 Å². The van der Waals surface area contributed by atoms with Gasteiger partial charge in [-0.2, -0.15) is 5.10 Å². The van der Waals surface area contributed by atoms with E-state index in [0.29, 0.717) is 23.7 Å². The molecule has 1 aliphatic rings. The topological polar surface area (TPSA) is 87.3 Å². The number of carbonyl (C=O) groups is 2. The van der Waals surface area contributed by atoms with Crippen LogP contribution in [0.25, 0.3) is 10.9 Å². The molecule has 0 unspecified atom stereocenters. The van der Waals surface area contributed by atoms with Crippen molar-refractivity contribution in [3.8, 4) is 5.75 Å². The fraction of sp³-hybridized carbons (Fsp3) is 0.211. The first-order valence-electron chi connectivity index (χ1n) is 8.37. The van der Waals surface area contributed by atoms with Gasteiger partial charge in [-0.05, 0) is 42.8 Å². The van der Waals surface area contributed by atoms with Gasteiger partial charge < -0.3 is 15.0 Å². The van der Waals surface area contributed by atoms with Crippen molar-refractivity contribution >= 4 is 34.1 Å². The molecule has 3 aromatic rings. The Labute approximate surface area is 149 Å². The smallest absolute Gasteiger partial charge is 0.265 e. The van der Waals surface area contributed by atoms with E-state index in [1.54, 1.807) is 11.1 Å². The minimum absolute atomic E-state index is 0.00578. The van der Waals surface area contributed by atoms with E-state index in [9.17, 15) is 9.59 Å². The van der Waals surface area contributed by atoms with Crippen LogP contribution in [0.2, 0.25) is 0 Å². The van der Waals surface area contributed by atoms with E-state index in [1.807, 2.05) is 43.3 Å². The van der Waals surface area contributed by atoms with Crippen molar-refractivity contribution in [3.63, 3.8) is 0 Å². The van der Waals surface area contributed by atoms with Gasteiger partial charge in [0.2, 0.25) is 5.91 Å². The van der Waals surface area contributed by atoms with Gasteiger partial charge in [-0.25, -0.2) is 0 Å². The fourth-order valence-electron chi connectivity index (χ4n) is 3.01. The number of nitrogens with one attached hydrogen (secondary N) is 2. The maximum Gasteiger partial charge on any atom is 0.265 e. The van der Waals surface area contributed by atoms with Crippen molar-refractivity contribution in [1.82, 2.24) is 10.2 Å². The lowest BCUT2D eigenvalue weighted by atomic mass is 10.1. The summed E-state index contributed by atoms with van der Waals surface area (Å²) in [4.78, 5) is 26.1. The maximum absolute atomic E-state index is 12.3. The molecule has 26 heavy (non-hydrogen) atoms. The Balaban J connectivity index is 1.44. The van der Waals surface area contributed by atoms with Crippen LogP contribution < -0.4 is 15.0 Å². The van der Waals surface area contributed by atoms with Crippen molar-refractivity contribution in [1.29, 1.82) is 0 Å². The molecule has 7 nitrogen and oxygen atoms in total. The molecule has 7 heteroatoms. The van der Waals surface area contributed by atoms with Crippen LogP contribution in [0.4, 0.5) is 11.4 Å². The van der Waals surface area contributed by atoms with Gasteiger partial charge in [0.15, 0.2) is 6.61 Å². The molecule has 0 saturated carbocycles. The number of aryl methyl sites for hydroxylation is 1. The summed E-state index contributed by atoms with van der Waals surface area (Å²) in [5.74, 6) is 0.368. The third-order valence-corrected chi connectivity index (χ3v) is 4.35. The third-order valence-electron chi connectivity index (χ3n) is 4.35. The number of rotatable bonds is 4. The van der Waals surface area contributed by atoms with Crippen LogP contribution in [0.5, 0.6) is 5.75 Å². The molecule has 0 saturated heterocycles. The summed E-state index contributed by atoms with van der Waals surface area (Å²) < 4.78 is 5.46. The predicted octanol–water partition coefficient (Wildman–Crippen LogP) is 2.63. The van der Waals surface area contributed by atoms with Crippen molar-refractivity contribution < 1.29 is 14.3 Å². The molecular formula is C19H18N4O3. The van der Waals surface area contributed by atoms with Crippen LogP contribution in [-0.2, 0) is 9.59 Å². The quantitative estimate of drug-likeness (QED) is 0.757. The molecule has 0 fully saturated rings. The Hall–Kier alpha value is -3.35. The lowest BCUT2D eigenvalue weighted by Gasteiger charge is -2.29. The molecule has 1 aromatic heterocycles. The van der Waals surface area contributed by atoms with Crippen molar-refractivity contribution in [2.24, 2.45) is 0 Å². The van der Waals surface area contributed by atoms with Crippen LogP contribution in [-0.4, -0.2) is 35.2 Å². The van der Waals surface area contributed by atoms with Gasteiger partial charge in [0.1, 0.15) is 5.75 Å². The van der Waals surface area contributed by atoms with Crippen molar-refractivity contribution in [3.05, 3.63) is 48.2 Å². The lowest BCUT2D eigenvalue weighted by molar-refractivity contribution is -0.121. The number of aromatic amines is 1. The second-order valence-electron chi connectivity index (χ2n) is 6.28. The predicted molar refractivity (Wildman–Crippen MR) is 98.4 cm³/mol. The summed E-state index contributed by atoms with van der Waals surface area (Å²) in [6.45, 7) is 2.25. The van der Waals surface area contributed by atoms with Crippen molar-refractivity contribution in [2.45, 2.75) is 13.3 Å². The zero-order chi connectivity index (χ0) is 18.1. The van der Waals surface area contributed by atoms with E-state index in [1.165, 1.54) is 0 Å². The van der Waals surface area contributed by atoms with Gasteiger partial charge in [-0.1, -0.05) is 6.07 Å². The summed E-state index contributed by atoms with van der Waals surface area (Å²) >= 11 is 0. The largest absolute Gasteiger partial charge is 0.482 e. The molecule has 4 rings (SSSR count). The van der Waals surface area contributed by atoms with Crippen LogP contribution in [0.15, 0.2) is 42.6 Å². The molecule has 1 aliphatic heterocycles. The fourth-order valence-corrected chi connectivity index (χ4v) is 3.01. The van der Waals surface area contributed by atoms with Crippen LogP contribution >= 0.6 is 0 Å². The van der Waals surface area contributed by atoms with Crippen LogP contribution in [0.3, 0.4) is 0 Å². The van der Waals surface area contributed by atoms with Gasteiger partial charge in [0.05, 0.1) is 17.4 Å². The highest BCUT2D eigenvalue weighted by atomic mass is 16.5. The molecule has 0 radical (unpaired) electrons. The number of benzene rings is 2. The van der Waals surface area contributed by atoms with Gasteiger partial charge in [0, 0.05) is 24.0 Å². The number of anilines is 2. The third kappa shape index (κ3) is 3.11. The molecule has 0 aliphatic carbocycles. The van der Waals surface area contributed by atoms with Gasteiger partial charge >= 0.3 is 0 Å². The zero-order valence-electron chi connectivity index (χ0n) is 14.3. The van der Waals surface area contributed by atoms with E-state index in [4.69, 9.17) is 4.74 Å². The van der Waals surface area contributed by atoms with E-state index in [0.717, 1.165) is 16.5 Å². The minimum Gasteiger partial charge on any atom is -0.482 e. The summed E-state index contributed by atoms with van der Waals surface area (Å²) in [7, 11) is 0. The first kappa shape index (κ1) is 16.1. The molecule has 2 N–H and O–H groups in total. The highest BCUT2D eigenvalue weighted by Gasteiger charge is 2.25. The Morgan fingerprint density at radius 3 is 3.08 bits per heavy atom. The van der Waals surface area contributed by atoms with E-state index in [-0.39, 0.29) is 24.8 Å². The van der Waals surface area contributed by atoms with Crippen molar-refractivity contribution in [2.75, 3.05) is 23.4 Å². The standard InChI is InChI=1S/C19H18N4O3/c1-12-2-5-17-16(8-12)23(19(25)11-26-17)7-6-18(24)21-14-4-3-13-10-20-22-15(13)9-14/h2-5,8-10H,6-7,11H2,1H3,(H,20,22)(H,21,24). The Morgan fingerprint density at radius 2 is 2.19 bits per heavy atom. The number of fused-ring (bicyclic) bond motifs is 2. The Bertz CT molecular complexity index is 995. The summed E-state index contributed by atoms with van der Waals surface area (Å²) in [5.41, 5.74) is 3.30. The molecule has 2 aromatic carbocycles. The highest BCUT2D eigenvalue weighted by molar-refractivity contribution is 5.99. The SMILES string of the molecule is Cc1ccc2c(c1)N(CCC(=O)Nc1ccc3cn[nH]c3c1)C(=O)CO2. The average molecular weight is 350 g/mol. The monoisotopic (exact) mass is 350 g/mol. The van der Waals surface area contributed by atoms with Gasteiger partial charge in [-0.15, -0.1) is 0 Å². The zero-order valence-corrected chi connectivity index (χ0v) is 14.3. The van der Waals surface area contributed by atoms with Gasteiger partial charge in [0.25, 0.3) is 5.91 Å². The van der Waals surface area contributed by atoms with E-state index < -0.39 is 0 Å². The van der Waals surface area contributed by atoms with Crippen LogP contribution in [0, 0.1) is 6.92 Å². The number of hydrogen-bond donors (Lipinski definition) is 2. The average Bonchev–Trinajstić information content (AvgIpc) is 3.08. The first-order valence-corrected chi connectivity index (χ1v) is 8.37. The maximum atomic E-state index is 12.3. The van der Waals surface area contributed by atoms with Crippen LogP contribution in [0.1, 0.15) is 12.0 Å². The molecular weight excluding hydrogens is 332 g/mol. The second kappa shape index (κ2) is 6.51. The molecule has 0 spiro atoms. The Morgan fingerprint density at radius 1 is 1.31 bits per heavy atom. The number of amides is 2. The normalized spacial score (nSPS) is 13.4. The number of nitrogens with zero attached hydrogens (tertiary/aromatic N) is 2. The first-order chi connectivity index (χ1) is 12.6. The lowest BCUT2D eigenvalue weighted by Crippen LogP contribution is -2.40. The molecule has 132 valence electrons. The number of hydrogen-bond acceptors (Lipinski definition) is 4. The second-order valence-corrected chi connectivity index (χ2v) is 6.28.